The number of esters is 1. The van der Waals surface area contributed by atoms with Crippen molar-refractivity contribution >= 4 is 12.0 Å². The van der Waals surface area contributed by atoms with Gasteiger partial charge in [0.25, 0.3) is 0 Å². The van der Waals surface area contributed by atoms with E-state index >= 15 is 0 Å². The number of nitrogens with one attached hydrogen (secondary N) is 1. The van der Waals surface area contributed by atoms with Crippen LogP contribution < -0.4 is 5.32 Å². The summed E-state index contributed by atoms with van der Waals surface area (Å²) >= 11 is 0. The van der Waals surface area contributed by atoms with Gasteiger partial charge in [-0.3, -0.25) is 4.79 Å². The Labute approximate surface area is 88.8 Å². The largest absolute Gasteiger partial charge is 0.469 e. The molecule has 1 saturated carbocycles. The molecule has 1 aliphatic heterocycles. The van der Waals surface area contributed by atoms with Gasteiger partial charge in [0.15, 0.2) is 0 Å². The van der Waals surface area contributed by atoms with Crippen LogP contribution in [0, 0.1) is 5.92 Å². The molecule has 1 heterocycles. The van der Waals surface area contributed by atoms with Crippen LogP contribution in [0.15, 0.2) is 0 Å². The average molecular weight is 212 g/mol. The molecular formula is C10H16N2O3. The third-order valence-electron chi connectivity index (χ3n) is 2.91. The van der Waals surface area contributed by atoms with Crippen LogP contribution in [0.3, 0.4) is 0 Å². The molecule has 2 rings (SSSR count). The standard InChI is InChI=1S/C10H16N2O3/c1-15-9(13)7-4-5-12(6-7)10(14)11-8-2-3-8/h7-8H,2-6H2,1H3,(H,11,14). The maximum atomic E-state index is 11.6. The molecule has 0 bridgehead atoms. The zero-order valence-electron chi connectivity index (χ0n) is 8.86. The number of hydrogen-bond donors (Lipinski definition) is 1. The van der Waals surface area contributed by atoms with Gasteiger partial charge in [0.05, 0.1) is 13.0 Å². The topological polar surface area (TPSA) is 58.6 Å². The summed E-state index contributed by atoms with van der Waals surface area (Å²) in [6.07, 6.45) is 2.88. The molecule has 0 aromatic carbocycles. The lowest BCUT2D eigenvalue weighted by atomic mass is 10.1. The molecule has 15 heavy (non-hydrogen) atoms. The van der Waals surface area contributed by atoms with E-state index in [-0.39, 0.29) is 17.9 Å². The molecule has 0 radical (unpaired) electrons. The number of nitrogens with zero attached hydrogens (tertiary/aromatic N) is 1. The molecule has 5 heteroatoms. The van der Waals surface area contributed by atoms with E-state index < -0.39 is 0 Å². The lowest BCUT2D eigenvalue weighted by molar-refractivity contribution is -0.144. The van der Waals surface area contributed by atoms with Gasteiger partial charge in [0, 0.05) is 19.1 Å². The minimum atomic E-state index is -0.211. The lowest BCUT2D eigenvalue weighted by Crippen LogP contribution is -2.40. The second-order valence-corrected chi connectivity index (χ2v) is 4.18. The average Bonchev–Trinajstić information content (AvgIpc) is 2.91. The maximum Gasteiger partial charge on any atom is 0.317 e. The fourth-order valence-corrected chi connectivity index (χ4v) is 1.80. The Bertz CT molecular complexity index is 276. The third-order valence-corrected chi connectivity index (χ3v) is 2.91. The number of carbonyl (C=O) groups is 2. The van der Waals surface area contributed by atoms with E-state index in [1.807, 2.05) is 0 Å². The summed E-state index contributed by atoms with van der Waals surface area (Å²) in [6, 6.07) is 0.332. The molecule has 0 spiro atoms. The van der Waals surface area contributed by atoms with Crippen LogP contribution in [0.5, 0.6) is 0 Å². The van der Waals surface area contributed by atoms with Gasteiger partial charge in [-0.1, -0.05) is 0 Å². The highest BCUT2D eigenvalue weighted by Gasteiger charge is 2.33. The zero-order valence-corrected chi connectivity index (χ0v) is 8.86. The molecular weight excluding hydrogens is 196 g/mol. The molecule has 0 aromatic rings. The summed E-state index contributed by atoms with van der Waals surface area (Å²) in [4.78, 5) is 24.5. The van der Waals surface area contributed by atoms with Crippen molar-refractivity contribution in [3.8, 4) is 0 Å². The van der Waals surface area contributed by atoms with Crippen LogP contribution in [0.2, 0.25) is 0 Å². The van der Waals surface area contributed by atoms with E-state index in [1.165, 1.54) is 7.11 Å². The van der Waals surface area contributed by atoms with Crippen LogP contribution in [-0.4, -0.2) is 43.1 Å². The number of carbonyl (C=O) groups excluding carboxylic acids is 2. The van der Waals surface area contributed by atoms with Crippen LogP contribution in [0.25, 0.3) is 0 Å². The van der Waals surface area contributed by atoms with Gasteiger partial charge in [-0.25, -0.2) is 4.79 Å². The molecule has 2 fully saturated rings. The number of methoxy groups -OCH3 is 1. The van der Waals surface area contributed by atoms with E-state index in [0.717, 1.165) is 12.8 Å². The van der Waals surface area contributed by atoms with Gasteiger partial charge in [0.1, 0.15) is 0 Å². The predicted octanol–water partition coefficient (Wildman–Crippen LogP) is 0.353. The Balaban J connectivity index is 1.80. The molecule has 1 saturated heterocycles. The van der Waals surface area contributed by atoms with Gasteiger partial charge in [0.2, 0.25) is 0 Å². The summed E-state index contributed by atoms with van der Waals surface area (Å²) < 4.78 is 4.66. The summed E-state index contributed by atoms with van der Waals surface area (Å²) in [7, 11) is 1.38. The Morgan fingerprint density at radius 2 is 2.07 bits per heavy atom. The Hall–Kier alpha value is -1.26. The molecule has 1 aliphatic carbocycles. The van der Waals surface area contributed by atoms with E-state index in [1.54, 1.807) is 4.90 Å². The fourth-order valence-electron chi connectivity index (χ4n) is 1.80. The number of hydrogen-bond acceptors (Lipinski definition) is 3. The molecule has 84 valence electrons. The third kappa shape index (κ3) is 2.40. The van der Waals surface area contributed by atoms with Gasteiger partial charge in [-0.05, 0) is 19.3 Å². The minimum absolute atomic E-state index is 0.0381. The molecule has 2 amide bonds. The summed E-state index contributed by atoms with van der Waals surface area (Å²) in [5.74, 6) is -0.350. The summed E-state index contributed by atoms with van der Waals surface area (Å²) in [5.41, 5.74) is 0. The van der Waals surface area contributed by atoms with Gasteiger partial charge in [-0.15, -0.1) is 0 Å². The number of ether oxygens (including phenoxy) is 1. The van der Waals surface area contributed by atoms with E-state index in [4.69, 9.17) is 0 Å². The Morgan fingerprint density at radius 1 is 1.33 bits per heavy atom. The second kappa shape index (κ2) is 4.08. The van der Waals surface area contributed by atoms with Gasteiger partial charge >= 0.3 is 12.0 Å². The first-order valence-corrected chi connectivity index (χ1v) is 5.34. The van der Waals surface area contributed by atoms with E-state index in [9.17, 15) is 9.59 Å². The highest BCUT2D eigenvalue weighted by molar-refractivity contribution is 5.78. The first kappa shape index (κ1) is 10.3. The second-order valence-electron chi connectivity index (χ2n) is 4.18. The number of rotatable bonds is 2. The number of amides is 2. The number of urea groups is 1. The van der Waals surface area contributed by atoms with Crippen LogP contribution in [0.1, 0.15) is 19.3 Å². The van der Waals surface area contributed by atoms with Crippen molar-refractivity contribution in [1.29, 1.82) is 0 Å². The Morgan fingerprint density at radius 3 is 2.67 bits per heavy atom. The quantitative estimate of drug-likeness (QED) is 0.672. The smallest absolute Gasteiger partial charge is 0.317 e. The molecule has 0 aromatic heterocycles. The van der Waals surface area contributed by atoms with E-state index in [2.05, 4.69) is 10.1 Å². The SMILES string of the molecule is COC(=O)C1CCN(C(=O)NC2CC2)C1. The first-order chi connectivity index (χ1) is 7.20. The normalized spacial score (nSPS) is 25.1. The van der Waals surface area contributed by atoms with Crippen molar-refractivity contribution in [1.82, 2.24) is 10.2 Å². The molecule has 1 unspecified atom stereocenters. The monoisotopic (exact) mass is 212 g/mol. The summed E-state index contributed by atoms with van der Waals surface area (Å²) in [6.45, 7) is 1.14. The lowest BCUT2D eigenvalue weighted by Gasteiger charge is -2.16. The molecule has 1 atom stereocenters. The van der Waals surface area contributed by atoms with Crippen molar-refractivity contribution in [3.63, 3.8) is 0 Å². The number of likely N-dealkylation sites (tertiary alicyclic amines) is 1. The van der Waals surface area contributed by atoms with Crippen molar-refractivity contribution in [2.45, 2.75) is 25.3 Å². The van der Waals surface area contributed by atoms with Crippen molar-refractivity contribution in [2.75, 3.05) is 20.2 Å². The van der Waals surface area contributed by atoms with Crippen molar-refractivity contribution < 1.29 is 14.3 Å². The van der Waals surface area contributed by atoms with Crippen molar-refractivity contribution in [2.24, 2.45) is 5.92 Å². The van der Waals surface area contributed by atoms with Gasteiger partial charge in [-0.2, -0.15) is 0 Å². The molecule has 5 nitrogen and oxygen atoms in total. The van der Waals surface area contributed by atoms with Gasteiger partial charge < -0.3 is 15.0 Å². The van der Waals surface area contributed by atoms with E-state index in [0.29, 0.717) is 25.6 Å². The highest BCUT2D eigenvalue weighted by Crippen LogP contribution is 2.21. The van der Waals surface area contributed by atoms with Crippen LogP contribution >= 0.6 is 0 Å². The first-order valence-electron chi connectivity index (χ1n) is 5.34. The maximum absolute atomic E-state index is 11.6. The highest BCUT2D eigenvalue weighted by atomic mass is 16.5. The zero-order chi connectivity index (χ0) is 10.8. The van der Waals surface area contributed by atoms with Crippen LogP contribution in [-0.2, 0) is 9.53 Å². The predicted molar refractivity (Wildman–Crippen MR) is 53.2 cm³/mol. The van der Waals surface area contributed by atoms with Crippen molar-refractivity contribution in [3.05, 3.63) is 0 Å². The fraction of sp³-hybridized carbons (Fsp3) is 0.800. The minimum Gasteiger partial charge on any atom is -0.469 e. The molecule has 1 N–H and O–H groups in total. The van der Waals surface area contributed by atoms with Crippen LogP contribution in [0.4, 0.5) is 4.79 Å². The summed E-state index contributed by atoms with van der Waals surface area (Å²) in [5, 5.41) is 2.91. The Kier molecular flexibility index (Phi) is 2.79. The molecule has 2 aliphatic rings.